The first kappa shape index (κ1) is 10.4. The van der Waals surface area contributed by atoms with Gasteiger partial charge in [-0.3, -0.25) is 0 Å². The molecule has 0 saturated heterocycles. The Morgan fingerprint density at radius 3 is 3.00 bits per heavy atom. The van der Waals surface area contributed by atoms with Crippen LogP contribution in [0.1, 0.15) is 24.8 Å². The molecule has 2 rings (SSSR count). The second-order valence-electron chi connectivity index (χ2n) is 4.35. The smallest absolute Gasteiger partial charge is 0.126 e. The van der Waals surface area contributed by atoms with Crippen molar-refractivity contribution in [3.05, 3.63) is 23.9 Å². The molecule has 0 amide bonds. The number of nitrogens with one attached hydrogen (secondary N) is 1. The van der Waals surface area contributed by atoms with Crippen LogP contribution in [0.4, 0.5) is 5.82 Å². The standard InChI is InChI=1S/C12H18N2O/c1-9-5-6-12(13-7-9)14-11-4-2-3-10(11)8-15/h5-7,10-11,15H,2-4,8H2,1H3,(H,13,14). The monoisotopic (exact) mass is 206 g/mol. The van der Waals surface area contributed by atoms with Gasteiger partial charge in [0.2, 0.25) is 0 Å². The van der Waals surface area contributed by atoms with E-state index in [0.717, 1.165) is 18.7 Å². The third-order valence-corrected chi connectivity index (χ3v) is 3.14. The van der Waals surface area contributed by atoms with Crippen LogP contribution in [0.3, 0.4) is 0 Å². The molecule has 1 aliphatic carbocycles. The van der Waals surface area contributed by atoms with E-state index in [2.05, 4.69) is 16.4 Å². The Balaban J connectivity index is 1.99. The molecule has 3 heteroatoms. The predicted molar refractivity (Wildman–Crippen MR) is 60.8 cm³/mol. The molecule has 2 N–H and O–H groups in total. The summed E-state index contributed by atoms with van der Waals surface area (Å²) in [6.45, 7) is 2.31. The number of aliphatic hydroxyl groups is 1. The maximum Gasteiger partial charge on any atom is 0.126 e. The van der Waals surface area contributed by atoms with Crippen molar-refractivity contribution in [3.8, 4) is 0 Å². The van der Waals surface area contributed by atoms with E-state index < -0.39 is 0 Å². The molecule has 0 aliphatic heterocycles. The minimum Gasteiger partial charge on any atom is -0.396 e. The van der Waals surface area contributed by atoms with Crippen molar-refractivity contribution in [1.82, 2.24) is 4.98 Å². The van der Waals surface area contributed by atoms with Crippen LogP contribution in [0.15, 0.2) is 18.3 Å². The second kappa shape index (κ2) is 4.62. The molecule has 2 unspecified atom stereocenters. The fraction of sp³-hybridized carbons (Fsp3) is 0.583. The summed E-state index contributed by atoms with van der Waals surface area (Å²) in [6, 6.07) is 4.45. The van der Waals surface area contributed by atoms with Gasteiger partial charge in [-0.15, -0.1) is 0 Å². The van der Waals surface area contributed by atoms with Gasteiger partial charge in [-0.1, -0.05) is 12.5 Å². The summed E-state index contributed by atoms with van der Waals surface area (Å²) in [7, 11) is 0. The summed E-state index contributed by atoms with van der Waals surface area (Å²) in [5.41, 5.74) is 1.17. The molecule has 1 saturated carbocycles. The topological polar surface area (TPSA) is 45.1 Å². The highest BCUT2D eigenvalue weighted by Gasteiger charge is 2.26. The van der Waals surface area contributed by atoms with Crippen molar-refractivity contribution in [2.75, 3.05) is 11.9 Å². The Morgan fingerprint density at radius 1 is 1.47 bits per heavy atom. The summed E-state index contributed by atoms with van der Waals surface area (Å²) in [6.07, 6.45) is 5.33. The Morgan fingerprint density at radius 2 is 2.33 bits per heavy atom. The summed E-state index contributed by atoms with van der Waals surface area (Å²) in [4.78, 5) is 4.32. The highest BCUT2D eigenvalue weighted by Crippen LogP contribution is 2.27. The molecule has 1 aromatic heterocycles. The first-order chi connectivity index (χ1) is 7.29. The molecule has 1 heterocycles. The quantitative estimate of drug-likeness (QED) is 0.794. The maximum absolute atomic E-state index is 9.20. The lowest BCUT2D eigenvalue weighted by Gasteiger charge is -2.19. The van der Waals surface area contributed by atoms with Crippen LogP contribution in [-0.4, -0.2) is 22.7 Å². The van der Waals surface area contributed by atoms with Gasteiger partial charge in [0.1, 0.15) is 5.82 Å². The minimum absolute atomic E-state index is 0.281. The largest absolute Gasteiger partial charge is 0.396 e. The highest BCUT2D eigenvalue weighted by atomic mass is 16.3. The summed E-state index contributed by atoms with van der Waals surface area (Å²) < 4.78 is 0. The van der Waals surface area contributed by atoms with Crippen LogP contribution < -0.4 is 5.32 Å². The Kier molecular flexibility index (Phi) is 3.21. The maximum atomic E-state index is 9.20. The fourth-order valence-corrected chi connectivity index (χ4v) is 2.19. The SMILES string of the molecule is Cc1ccc(NC2CCCC2CO)nc1. The fourth-order valence-electron chi connectivity index (χ4n) is 2.19. The van der Waals surface area contributed by atoms with Gasteiger partial charge >= 0.3 is 0 Å². The number of aliphatic hydroxyl groups excluding tert-OH is 1. The number of nitrogens with zero attached hydrogens (tertiary/aromatic N) is 1. The zero-order valence-electron chi connectivity index (χ0n) is 9.11. The van der Waals surface area contributed by atoms with E-state index in [4.69, 9.17) is 0 Å². The molecule has 82 valence electrons. The van der Waals surface area contributed by atoms with E-state index in [1.807, 2.05) is 19.2 Å². The van der Waals surface area contributed by atoms with Crippen LogP contribution in [0.25, 0.3) is 0 Å². The Hall–Kier alpha value is -1.09. The number of rotatable bonds is 3. The van der Waals surface area contributed by atoms with Gasteiger partial charge in [0.05, 0.1) is 0 Å². The first-order valence-corrected chi connectivity index (χ1v) is 5.59. The zero-order valence-corrected chi connectivity index (χ0v) is 9.11. The van der Waals surface area contributed by atoms with E-state index in [1.54, 1.807) is 0 Å². The summed E-state index contributed by atoms with van der Waals surface area (Å²) in [5.74, 6) is 1.32. The third-order valence-electron chi connectivity index (χ3n) is 3.14. The number of pyridine rings is 1. The molecule has 2 atom stereocenters. The van der Waals surface area contributed by atoms with Crippen LogP contribution in [0, 0.1) is 12.8 Å². The number of hydrogen-bond acceptors (Lipinski definition) is 3. The third kappa shape index (κ3) is 2.48. The van der Waals surface area contributed by atoms with E-state index in [1.165, 1.54) is 12.0 Å². The average Bonchev–Trinajstić information content (AvgIpc) is 2.69. The lowest BCUT2D eigenvalue weighted by Crippen LogP contribution is -2.26. The van der Waals surface area contributed by atoms with Crippen molar-refractivity contribution in [2.45, 2.75) is 32.2 Å². The Bertz CT molecular complexity index is 310. The molecule has 1 fully saturated rings. The van der Waals surface area contributed by atoms with Crippen LogP contribution >= 0.6 is 0 Å². The van der Waals surface area contributed by atoms with E-state index in [9.17, 15) is 5.11 Å². The number of anilines is 1. The van der Waals surface area contributed by atoms with Crippen molar-refractivity contribution < 1.29 is 5.11 Å². The molecule has 0 bridgehead atoms. The zero-order chi connectivity index (χ0) is 10.7. The average molecular weight is 206 g/mol. The molecule has 15 heavy (non-hydrogen) atoms. The lowest BCUT2D eigenvalue weighted by atomic mass is 10.1. The van der Waals surface area contributed by atoms with Gasteiger partial charge in [-0.05, 0) is 31.4 Å². The van der Waals surface area contributed by atoms with Crippen molar-refractivity contribution >= 4 is 5.82 Å². The second-order valence-corrected chi connectivity index (χ2v) is 4.35. The van der Waals surface area contributed by atoms with Crippen LogP contribution in [0.2, 0.25) is 0 Å². The van der Waals surface area contributed by atoms with Crippen LogP contribution in [-0.2, 0) is 0 Å². The van der Waals surface area contributed by atoms with E-state index in [0.29, 0.717) is 12.0 Å². The first-order valence-electron chi connectivity index (χ1n) is 5.59. The predicted octanol–water partition coefficient (Wildman–Crippen LogP) is 1.96. The molecule has 3 nitrogen and oxygen atoms in total. The van der Waals surface area contributed by atoms with Gasteiger partial charge in [0.15, 0.2) is 0 Å². The van der Waals surface area contributed by atoms with Crippen molar-refractivity contribution in [2.24, 2.45) is 5.92 Å². The highest BCUT2D eigenvalue weighted by molar-refractivity contribution is 5.36. The lowest BCUT2D eigenvalue weighted by molar-refractivity contribution is 0.222. The van der Waals surface area contributed by atoms with Gasteiger partial charge in [0, 0.05) is 24.8 Å². The Labute approximate surface area is 90.5 Å². The number of aryl methyl sites for hydroxylation is 1. The summed E-state index contributed by atoms with van der Waals surface area (Å²) in [5, 5.41) is 12.6. The minimum atomic E-state index is 0.281. The van der Waals surface area contributed by atoms with Gasteiger partial charge in [0.25, 0.3) is 0 Å². The normalized spacial score (nSPS) is 25.5. The number of hydrogen-bond donors (Lipinski definition) is 2. The molecule has 1 aliphatic rings. The van der Waals surface area contributed by atoms with Gasteiger partial charge in [-0.25, -0.2) is 4.98 Å². The number of aromatic nitrogens is 1. The van der Waals surface area contributed by atoms with Gasteiger partial charge < -0.3 is 10.4 Å². The van der Waals surface area contributed by atoms with Crippen molar-refractivity contribution in [1.29, 1.82) is 0 Å². The van der Waals surface area contributed by atoms with E-state index in [-0.39, 0.29) is 6.61 Å². The molecule has 0 spiro atoms. The summed E-state index contributed by atoms with van der Waals surface area (Å²) >= 11 is 0. The molecule has 1 aromatic rings. The molecular formula is C12H18N2O. The van der Waals surface area contributed by atoms with E-state index >= 15 is 0 Å². The molecular weight excluding hydrogens is 188 g/mol. The molecule has 0 radical (unpaired) electrons. The van der Waals surface area contributed by atoms with Gasteiger partial charge in [-0.2, -0.15) is 0 Å². The van der Waals surface area contributed by atoms with Crippen molar-refractivity contribution in [3.63, 3.8) is 0 Å². The molecule has 0 aromatic carbocycles. The van der Waals surface area contributed by atoms with Crippen LogP contribution in [0.5, 0.6) is 0 Å².